The van der Waals surface area contributed by atoms with E-state index in [1.165, 1.54) is 7.11 Å². The first-order chi connectivity index (χ1) is 12.1. The number of nitrogens with one attached hydrogen (secondary N) is 1. The Hall–Kier alpha value is -3.42. The number of nitrogens with zero attached hydrogens (tertiary/aromatic N) is 4. The third-order valence-corrected chi connectivity index (χ3v) is 3.61. The second kappa shape index (κ2) is 7.00. The number of aromatic nitrogens is 4. The third-order valence-electron chi connectivity index (χ3n) is 3.61. The van der Waals surface area contributed by atoms with Gasteiger partial charge in [0.05, 0.1) is 19.9 Å². The first-order valence-electron chi connectivity index (χ1n) is 7.50. The van der Waals surface area contributed by atoms with Gasteiger partial charge in [0.2, 0.25) is 0 Å². The summed E-state index contributed by atoms with van der Waals surface area (Å²) in [7, 11) is 3.08. The minimum atomic E-state index is -0.384. The number of aryl methyl sites for hydroxylation is 1. The molecule has 0 aliphatic rings. The SMILES string of the molecule is COc1ccc(NC(=O)c2ccc(-n3ccnc3C)nn2)c(OC)c1. The average molecular weight is 339 g/mol. The Morgan fingerprint density at radius 3 is 2.56 bits per heavy atom. The lowest BCUT2D eigenvalue weighted by atomic mass is 10.2. The highest BCUT2D eigenvalue weighted by Crippen LogP contribution is 2.29. The number of ether oxygens (including phenoxy) is 2. The van der Waals surface area contributed by atoms with Gasteiger partial charge < -0.3 is 14.8 Å². The summed E-state index contributed by atoms with van der Waals surface area (Å²) in [6.07, 6.45) is 3.45. The zero-order valence-electron chi connectivity index (χ0n) is 14.1. The van der Waals surface area contributed by atoms with Crippen LogP contribution in [0, 0.1) is 6.92 Å². The highest BCUT2D eigenvalue weighted by atomic mass is 16.5. The Labute approximate surface area is 144 Å². The minimum Gasteiger partial charge on any atom is -0.497 e. The van der Waals surface area contributed by atoms with Crippen molar-refractivity contribution in [2.45, 2.75) is 6.92 Å². The number of hydrogen-bond donors (Lipinski definition) is 1. The van der Waals surface area contributed by atoms with Gasteiger partial charge in [-0.05, 0) is 31.2 Å². The van der Waals surface area contributed by atoms with Crippen molar-refractivity contribution < 1.29 is 14.3 Å². The molecule has 0 bridgehead atoms. The lowest BCUT2D eigenvalue weighted by Gasteiger charge is -2.11. The molecule has 8 heteroatoms. The van der Waals surface area contributed by atoms with Crippen LogP contribution in [0.15, 0.2) is 42.7 Å². The van der Waals surface area contributed by atoms with E-state index >= 15 is 0 Å². The summed E-state index contributed by atoms with van der Waals surface area (Å²) in [5.74, 6) is 2.12. The average Bonchev–Trinajstić information content (AvgIpc) is 3.08. The maximum absolute atomic E-state index is 12.4. The molecule has 0 saturated carbocycles. The van der Waals surface area contributed by atoms with E-state index in [1.807, 2.05) is 6.92 Å². The van der Waals surface area contributed by atoms with E-state index < -0.39 is 0 Å². The van der Waals surface area contributed by atoms with Crippen LogP contribution in [0.25, 0.3) is 5.82 Å². The molecule has 0 fully saturated rings. The molecule has 8 nitrogen and oxygen atoms in total. The van der Waals surface area contributed by atoms with Crippen molar-refractivity contribution in [1.29, 1.82) is 0 Å². The van der Waals surface area contributed by atoms with Gasteiger partial charge in [-0.15, -0.1) is 10.2 Å². The predicted molar refractivity (Wildman–Crippen MR) is 91.4 cm³/mol. The molecular formula is C17H17N5O3. The standard InChI is InChI=1S/C17H17N5O3/c1-11-18-8-9-22(11)16-7-6-14(20-21-16)17(23)19-13-5-4-12(24-2)10-15(13)25-3/h4-10H,1-3H3,(H,19,23). The number of anilines is 1. The van der Waals surface area contributed by atoms with Crippen molar-refractivity contribution in [3.05, 3.63) is 54.2 Å². The Morgan fingerprint density at radius 1 is 1.12 bits per heavy atom. The van der Waals surface area contributed by atoms with Crippen LogP contribution in [0.3, 0.4) is 0 Å². The zero-order chi connectivity index (χ0) is 17.8. The van der Waals surface area contributed by atoms with Crippen LogP contribution in [0.5, 0.6) is 11.5 Å². The maximum atomic E-state index is 12.4. The number of benzene rings is 1. The van der Waals surface area contributed by atoms with Crippen LogP contribution in [-0.4, -0.2) is 39.9 Å². The van der Waals surface area contributed by atoms with Crippen molar-refractivity contribution in [3.8, 4) is 17.3 Å². The van der Waals surface area contributed by atoms with Gasteiger partial charge in [0.25, 0.3) is 5.91 Å². The molecule has 25 heavy (non-hydrogen) atoms. The molecule has 0 aliphatic carbocycles. The van der Waals surface area contributed by atoms with Crippen molar-refractivity contribution in [2.24, 2.45) is 0 Å². The molecule has 0 aliphatic heterocycles. The van der Waals surface area contributed by atoms with Crippen molar-refractivity contribution >= 4 is 11.6 Å². The lowest BCUT2D eigenvalue weighted by Crippen LogP contribution is -2.15. The fourth-order valence-corrected chi connectivity index (χ4v) is 2.28. The fraction of sp³-hybridized carbons (Fsp3) is 0.176. The summed E-state index contributed by atoms with van der Waals surface area (Å²) in [5.41, 5.74) is 0.712. The molecule has 1 N–H and O–H groups in total. The number of amides is 1. The van der Waals surface area contributed by atoms with Crippen LogP contribution in [0.2, 0.25) is 0 Å². The molecule has 0 atom stereocenters. The van der Waals surface area contributed by atoms with Gasteiger partial charge in [-0.25, -0.2) is 4.98 Å². The molecule has 1 aromatic carbocycles. The normalized spacial score (nSPS) is 10.4. The number of rotatable bonds is 5. The predicted octanol–water partition coefficient (Wildman–Crippen LogP) is 2.24. The van der Waals surface area contributed by atoms with E-state index in [0.717, 1.165) is 5.82 Å². The molecule has 0 radical (unpaired) electrons. The Morgan fingerprint density at radius 2 is 1.96 bits per heavy atom. The smallest absolute Gasteiger partial charge is 0.276 e. The van der Waals surface area contributed by atoms with Crippen molar-refractivity contribution in [1.82, 2.24) is 19.7 Å². The quantitative estimate of drug-likeness (QED) is 0.766. The molecule has 2 aromatic heterocycles. The topological polar surface area (TPSA) is 91.2 Å². The summed E-state index contributed by atoms with van der Waals surface area (Å²) in [4.78, 5) is 16.5. The van der Waals surface area contributed by atoms with Gasteiger partial charge in [-0.1, -0.05) is 0 Å². The number of imidazole rings is 1. The first-order valence-corrected chi connectivity index (χ1v) is 7.50. The summed E-state index contributed by atoms with van der Waals surface area (Å²) in [6.45, 7) is 1.86. The molecule has 3 aromatic rings. The van der Waals surface area contributed by atoms with Crippen molar-refractivity contribution in [2.75, 3.05) is 19.5 Å². The number of methoxy groups -OCH3 is 2. The second-order valence-corrected chi connectivity index (χ2v) is 5.14. The lowest BCUT2D eigenvalue weighted by molar-refractivity contribution is 0.102. The van der Waals surface area contributed by atoms with E-state index in [-0.39, 0.29) is 11.6 Å². The molecule has 3 rings (SSSR count). The number of carbonyl (C=O) groups excluding carboxylic acids is 1. The summed E-state index contributed by atoms with van der Waals surface area (Å²) in [5, 5.41) is 10.8. The Kier molecular flexibility index (Phi) is 4.60. The Balaban J connectivity index is 1.79. The molecule has 0 spiro atoms. The third kappa shape index (κ3) is 3.42. The summed E-state index contributed by atoms with van der Waals surface area (Å²) >= 11 is 0. The zero-order valence-corrected chi connectivity index (χ0v) is 14.1. The fourth-order valence-electron chi connectivity index (χ4n) is 2.28. The van der Waals surface area contributed by atoms with Crippen LogP contribution >= 0.6 is 0 Å². The first kappa shape index (κ1) is 16.4. The van der Waals surface area contributed by atoms with Gasteiger partial charge in [0.15, 0.2) is 11.5 Å². The minimum absolute atomic E-state index is 0.194. The maximum Gasteiger partial charge on any atom is 0.276 e. The van der Waals surface area contributed by atoms with Gasteiger partial charge in [-0.3, -0.25) is 9.36 Å². The van der Waals surface area contributed by atoms with Crippen LogP contribution in [-0.2, 0) is 0 Å². The van der Waals surface area contributed by atoms with Gasteiger partial charge in [-0.2, -0.15) is 0 Å². The molecule has 0 saturated heterocycles. The van der Waals surface area contributed by atoms with E-state index in [0.29, 0.717) is 23.0 Å². The van der Waals surface area contributed by atoms with Gasteiger partial charge in [0.1, 0.15) is 17.3 Å². The van der Waals surface area contributed by atoms with Crippen LogP contribution in [0.1, 0.15) is 16.3 Å². The molecule has 2 heterocycles. The highest BCUT2D eigenvalue weighted by molar-refractivity contribution is 6.03. The molecule has 128 valence electrons. The van der Waals surface area contributed by atoms with Crippen LogP contribution in [0.4, 0.5) is 5.69 Å². The van der Waals surface area contributed by atoms with E-state index in [9.17, 15) is 4.79 Å². The van der Waals surface area contributed by atoms with E-state index in [4.69, 9.17) is 9.47 Å². The van der Waals surface area contributed by atoms with E-state index in [1.54, 1.807) is 54.4 Å². The number of carbonyl (C=O) groups is 1. The molecule has 0 unspecified atom stereocenters. The summed E-state index contributed by atoms with van der Waals surface area (Å²) in [6, 6.07) is 8.43. The summed E-state index contributed by atoms with van der Waals surface area (Å²) < 4.78 is 12.2. The van der Waals surface area contributed by atoms with Crippen LogP contribution < -0.4 is 14.8 Å². The molecule has 1 amide bonds. The highest BCUT2D eigenvalue weighted by Gasteiger charge is 2.13. The van der Waals surface area contributed by atoms with Gasteiger partial charge in [0, 0.05) is 18.5 Å². The number of hydrogen-bond acceptors (Lipinski definition) is 6. The van der Waals surface area contributed by atoms with E-state index in [2.05, 4.69) is 20.5 Å². The largest absolute Gasteiger partial charge is 0.497 e. The monoisotopic (exact) mass is 339 g/mol. The Bertz CT molecular complexity index is 890. The second-order valence-electron chi connectivity index (χ2n) is 5.14. The van der Waals surface area contributed by atoms with Gasteiger partial charge >= 0.3 is 0 Å². The molecular weight excluding hydrogens is 322 g/mol. The van der Waals surface area contributed by atoms with Crippen molar-refractivity contribution in [3.63, 3.8) is 0 Å².